The molecule has 9 nitrogen and oxygen atoms in total. The number of hydrogen-bond acceptors (Lipinski definition) is 8. The molecule has 0 saturated carbocycles. The summed E-state index contributed by atoms with van der Waals surface area (Å²) < 4.78 is 68.8. The van der Waals surface area contributed by atoms with E-state index in [4.69, 9.17) is 9.47 Å². The van der Waals surface area contributed by atoms with E-state index in [-0.39, 0.29) is 28.9 Å². The van der Waals surface area contributed by atoms with Gasteiger partial charge in [-0.15, -0.1) is 13.2 Å². The molecule has 1 amide bonds. The average molecular weight is 654 g/mol. The van der Waals surface area contributed by atoms with Crippen LogP contribution in [0, 0.1) is 19.7 Å². The highest BCUT2D eigenvalue weighted by Crippen LogP contribution is 2.32. The standard InChI is InChI=1S/C34H35F4N5O4/c1-22-9-6-10-23(2)30(22)41-31(44)27-21-39-33(42-32(27)46-25-11-7-12-26(20-25)47-34(36,37)38)40-24-13-14-29(28(35)19-24)45-18-8-17-43-15-4-3-5-16-43/h6-7,9-14,19-21H,3-5,8,15-18H2,1-2H3,(H,41,44)(H,39,40,42). The third kappa shape index (κ3) is 9.55. The summed E-state index contributed by atoms with van der Waals surface area (Å²) >= 11 is 0. The normalized spacial score (nSPS) is 13.6. The van der Waals surface area contributed by atoms with Gasteiger partial charge in [0.25, 0.3) is 5.91 Å². The Morgan fingerprint density at radius 1 is 0.957 bits per heavy atom. The second kappa shape index (κ2) is 15.1. The molecule has 0 radical (unpaired) electrons. The highest BCUT2D eigenvalue weighted by Gasteiger charge is 2.31. The first-order chi connectivity index (χ1) is 22.5. The summed E-state index contributed by atoms with van der Waals surface area (Å²) in [5.41, 5.74) is 2.40. The predicted octanol–water partition coefficient (Wildman–Crippen LogP) is 8.17. The van der Waals surface area contributed by atoms with Crippen LogP contribution in [0.3, 0.4) is 0 Å². The van der Waals surface area contributed by atoms with Crippen LogP contribution in [0.2, 0.25) is 0 Å². The number of alkyl halides is 3. The molecule has 0 unspecified atom stereocenters. The number of carbonyl (C=O) groups is 1. The molecule has 1 fully saturated rings. The van der Waals surface area contributed by atoms with E-state index in [1.165, 1.54) is 49.7 Å². The number of nitrogens with zero attached hydrogens (tertiary/aromatic N) is 3. The molecule has 5 rings (SSSR count). The van der Waals surface area contributed by atoms with Crippen LogP contribution in [0.25, 0.3) is 0 Å². The third-order valence-electron chi connectivity index (χ3n) is 7.48. The van der Waals surface area contributed by atoms with Crippen LogP contribution in [0.5, 0.6) is 23.1 Å². The number of amides is 1. The number of piperidine rings is 1. The molecule has 0 spiro atoms. The van der Waals surface area contributed by atoms with Crippen molar-refractivity contribution in [3.63, 3.8) is 0 Å². The number of aryl methyl sites for hydroxylation is 2. The van der Waals surface area contributed by atoms with Crippen molar-refractivity contribution < 1.29 is 36.6 Å². The fourth-order valence-corrected chi connectivity index (χ4v) is 5.18. The molecule has 0 aliphatic carbocycles. The summed E-state index contributed by atoms with van der Waals surface area (Å²) in [5.74, 6) is -2.00. The molecule has 0 atom stereocenters. The summed E-state index contributed by atoms with van der Waals surface area (Å²) in [6, 6.07) is 14.6. The van der Waals surface area contributed by atoms with Gasteiger partial charge in [0.05, 0.1) is 6.61 Å². The van der Waals surface area contributed by atoms with Gasteiger partial charge in [-0.05, 0) is 81.6 Å². The Labute approximate surface area is 269 Å². The molecule has 1 aliphatic rings. The monoisotopic (exact) mass is 653 g/mol. The van der Waals surface area contributed by atoms with E-state index in [1.54, 1.807) is 6.07 Å². The molecule has 47 heavy (non-hydrogen) atoms. The van der Waals surface area contributed by atoms with Crippen LogP contribution in [0.15, 0.2) is 66.9 Å². The van der Waals surface area contributed by atoms with Crippen molar-refractivity contribution in [2.45, 2.75) is 45.9 Å². The molecule has 1 aliphatic heterocycles. The number of carbonyl (C=O) groups excluding carboxylic acids is 1. The van der Waals surface area contributed by atoms with Gasteiger partial charge in [-0.25, -0.2) is 9.37 Å². The van der Waals surface area contributed by atoms with E-state index in [0.717, 1.165) is 49.3 Å². The second-order valence-electron chi connectivity index (χ2n) is 11.1. The quantitative estimate of drug-likeness (QED) is 0.117. The van der Waals surface area contributed by atoms with E-state index in [0.29, 0.717) is 18.0 Å². The lowest BCUT2D eigenvalue weighted by molar-refractivity contribution is -0.274. The average Bonchev–Trinajstić information content (AvgIpc) is 3.02. The molecule has 1 saturated heterocycles. The maximum absolute atomic E-state index is 14.9. The molecule has 2 heterocycles. The van der Waals surface area contributed by atoms with Gasteiger partial charge in [0, 0.05) is 36.2 Å². The van der Waals surface area contributed by atoms with Crippen molar-refractivity contribution in [2.75, 3.05) is 36.9 Å². The Hall–Kier alpha value is -4.91. The lowest BCUT2D eigenvalue weighted by atomic mass is 10.1. The highest BCUT2D eigenvalue weighted by molar-refractivity contribution is 6.06. The van der Waals surface area contributed by atoms with Gasteiger partial charge in [-0.1, -0.05) is 30.7 Å². The Bertz CT molecular complexity index is 1680. The molecule has 13 heteroatoms. The van der Waals surface area contributed by atoms with Crippen molar-refractivity contribution in [3.05, 3.63) is 89.4 Å². The Kier molecular flexibility index (Phi) is 10.8. The number of halogens is 4. The first-order valence-corrected chi connectivity index (χ1v) is 15.2. The Morgan fingerprint density at radius 2 is 1.68 bits per heavy atom. The number of rotatable bonds is 12. The van der Waals surface area contributed by atoms with Crippen LogP contribution in [-0.2, 0) is 0 Å². The summed E-state index contributed by atoms with van der Waals surface area (Å²) in [7, 11) is 0. The van der Waals surface area contributed by atoms with Gasteiger partial charge in [0.1, 0.15) is 17.1 Å². The molecule has 3 aromatic carbocycles. The molecule has 0 bridgehead atoms. The Morgan fingerprint density at radius 3 is 2.40 bits per heavy atom. The van der Waals surface area contributed by atoms with Crippen LogP contribution in [0.1, 0.15) is 47.2 Å². The zero-order valence-corrected chi connectivity index (χ0v) is 26.0. The van der Waals surface area contributed by atoms with E-state index < -0.39 is 23.8 Å². The van der Waals surface area contributed by atoms with Crippen LogP contribution >= 0.6 is 0 Å². The SMILES string of the molecule is Cc1cccc(C)c1NC(=O)c1cnc(Nc2ccc(OCCCN3CCCCC3)c(F)c2)nc1Oc1cccc(OC(F)(F)F)c1. The maximum atomic E-state index is 14.9. The van der Waals surface area contributed by atoms with Gasteiger partial charge < -0.3 is 29.7 Å². The molecule has 1 aromatic heterocycles. The van der Waals surface area contributed by atoms with E-state index in [9.17, 15) is 22.4 Å². The highest BCUT2D eigenvalue weighted by atomic mass is 19.4. The number of benzene rings is 3. The van der Waals surface area contributed by atoms with Gasteiger partial charge in [-0.3, -0.25) is 4.79 Å². The van der Waals surface area contributed by atoms with Crippen molar-refractivity contribution >= 4 is 23.2 Å². The Balaban J connectivity index is 1.33. The lowest BCUT2D eigenvalue weighted by Crippen LogP contribution is -2.31. The van der Waals surface area contributed by atoms with E-state index >= 15 is 0 Å². The van der Waals surface area contributed by atoms with Crippen molar-refractivity contribution in [2.24, 2.45) is 0 Å². The first kappa shape index (κ1) is 33.5. The largest absolute Gasteiger partial charge is 0.573 e. The number of aromatic nitrogens is 2. The minimum Gasteiger partial charge on any atom is -0.490 e. The number of ether oxygens (including phenoxy) is 3. The minimum absolute atomic E-state index is 0.0547. The van der Waals surface area contributed by atoms with Gasteiger partial charge in [-0.2, -0.15) is 4.98 Å². The smallest absolute Gasteiger partial charge is 0.490 e. The molecular weight excluding hydrogens is 618 g/mol. The second-order valence-corrected chi connectivity index (χ2v) is 11.1. The lowest BCUT2D eigenvalue weighted by Gasteiger charge is -2.26. The summed E-state index contributed by atoms with van der Waals surface area (Å²) in [5, 5.41) is 5.70. The molecule has 2 N–H and O–H groups in total. The summed E-state index contributed by atoms with van der Waals surface area (Å²) in [6.07, 6.45) is 0.747. The predicted molar refractivity (Wildman–Crippen MR) is 169 cm³/mol. The molecule has 4 aromatic rings. The van der Waals surface area contributed by atoms with Crippen LogP contribution in [-0.4, -0.2) is 53.4 Å². The first-order valence-electron chi connectivity index (χ1n) is 15.2. The number of hydrogen-bond donors (Lipinski definition) is 2. The summed E-state index contributed by atoms with van der Waals surface area (Å²) in [4.78, 5) is 24.3. The zero-order chi connectivity index (χ0) is 33.4. The topological polar surface area (TPSA) is 97.8 Å². The zero-order valence-electron chi connectivity index (χ0n) is 26.0. The van der Waals surface area contributed by atoms with Crippen molar-refractivity contribution in [1.29, 1.82) is 0 Å². The molecule has 248 valence electrons. The van der Waals surface area contributed by atoms with E-state index in [1.807, 2.05) is 32.0 Å². The van der Waals surface area contributed by atoms with Crippen LogP contribution in [0.4, 0.5) is 34.9 Å². The number of nitrogens with one attached hydrogen (secondary N) is 2. The van der Waals surface area contributed by atoms with Crippen molar-refractivity contribution in [1.82, 2.24) is 14.9 Å². The number of anilines is 3. The minimum atomic E-state index is -4.91. The maximum Gasteiger partial charge on any atom is 0.573 e. The molecular formula is C34H35F4N5O4. The van der Waals surface area contributed by atoms with Crippen LogP contribution < -0.4 is 24.8 Å². The van der Waals surface area contributed by atoms with E-state index in [2.05, 4.69) is 30.2 Å². The van der Waals surface area contributed by atoms with Gasteiger partial charge >= 0.3 is 6.36 Å². The third-order valence-corrected chi connectivity index (χ3v) is 7.48. The van der Waals surface area contributed by atoms with Gasteiger partial charge in [0.15, 0.2) is 11.6 Å². The fourth-order valence-electron chi connectivity index (χ4n) is 5.18. The van der Waals surface area contributed by atoms with Gasteiger partial charge in [0.2, 0.25) is 11.8 Å². The van der Waals surface area contributed by atoms with Crippen molar-refractivity contribution in [3.8, 4) is 23.1 Å². The number of para-hydroxylation sites is 1. The number of likely N-dealkylation sites (tertiary alicyclic amines) is 1. The fraction of sp³-hybridized carbons (Fsp3) is 0.324. The summed E-state index contributed by atoms with van der Waals surface area (Å²) in [6.45, 7) is 7.12.